The van der Waals surface area contributed by atoms with E-state index in [4.69, 9.17) is 4.74 Å². The monoisotopic (exact) mass is 243 g/mol. The number of nitrogens with one attached hydrogen (secondary N) is 1. The Hall–Kier alpha value is -0.120. The molecule has 0 aromatic carbocycles. The van der Waals surface area contributed by atoms with Crippen molar-refractivity contribution in [3.63, 3.8) is 0 Å². The minimum absolute atomic E-state index is 0.179. The minimum Gasteiger partial charge on any atom is -0.388 e. The first kappa shape index (κ1) is 14.9. The van der Waals surface area contributed by atoms with Crippen LogP contribution in [0.4, 0.5) is 0 Å². The van der Waals surface area contributed by atoms with Gasteiger partial charge >= 0.3 is 0 Å². The molecule has 1 saturated carbocycles. The lowest BCUT2D eigenvalue weighted by atomic mass is 9.64. The standard InChI is InChI=1S/C14H29NO2/c1-13(2,3)12-7-5-6-8-14(12,16)11-15-9-10-17-4/h12,15-16H,5-11H2,1-4H3. The summed E-state index contributed by atoms with van der Waals surface area (Å²) in [5.41, 5.74) is -0.359. The molecule has 3 heteroatoms. The topological polar surface area (TPSA) is 41.5 Å². The fourth-order valence-corrected chi connectivity index (χ4v) is 3.15. The second-order valence-corrected chi connectivity index (χ2v) is 6.44. The third-order valence-corrected chi connectivity index (χ3v) is 3.96. The highest BCUT2D eigenvalue weighted by Gasteiger charge is 2.44. The van der Waals surface area contributed by atoms with Gasteiger partial charge in [-0.1, -0.05) is 33.6 Å². The summed E-state index contributed by atoms with van der Waals surface area (Å²) in [7, 11) is 1.70. The molecule has 17 heavy (non-hydrogen) atoms. The van der Waals surface area contributed by atoms with Gasteiger partial charge in [0.05, 0.1) is 12.2 Å². The van der Waals surface area contributed by atoms with Crippen LogP contribution >= 0.6 is 0 Å². The second kappa shape index (κ2) is 6.17. The summed E-state index contributed by atoms with van der Waals surface area (Å²) in [6.07, 6.45) is 4.47. The zero-order valence-corrected chi connectivity index (χ0v) is 11.9. The average molecular weight is 243 g/mol. The molecule has 1 aliphatic rings. The van der Waals surface area contributed by atoms with Crippen LogP contribution in [0.25, 0.3) is 0 Å². The molecule has 1 rings (SSSR count). The first-order valence-corrected chi connectivity index (χ1v) is 6.82. The van der Waals surface area contributed by atoms with Crippen molar-refractivity contribution in [1.82, 2.24) is 5.32 Å². The Bertz CT molecular complexity index is 225. The van der Waals surface area contributed by atoms with Gasteiger partial charge in [-0.15, -0.1) is 0 Å². The van der Waals surface area contributed by atoms with Crippen molar-refractivity contribution in [2.45, 2.75) is 52.1 Å². The molecule has 0 heterocycles. The van der Waals surface area contributed by atoms with Crippen molar-refractivity contribution in [1.29, 1.82) is 0 Å². The number of hydrogen-bond donors (Lipinski definition) is 2. The van der Waals surface area contributed by atoms with Crippen molar-refractivity contribution in [3.8, 4) is 0 Å². The lowest BCUT2D eigenvalue weighted by Gasteiger charge is -2.47. The Morgan fingerprint density at radius 1 is 1.35 bits per heavy atom. The normalized spacial score (nSPS) is 30.5. The summed E-state index contributed by atoms with van der Waals surface area (Å²) in [4.78, 5) is 0. The lowest BCUT2D eigenvalue weighted by molar-refractivity contribution is -0.0876. The van der Waals surface area contributed by atoms with Gasteiger partial charge < -0.3 is 15.2 Å². The maximum Gasteiger partial charge on any atom is 0.0804 e. The fourth-order valence-electron chi connectivity index (χ4n) is 3.15. The van der Waals surface area contributed by atoms with Gasteiger partial charge in [0.25, 0.3) is 0 Å². The first-order valence-electron chi connectivity index (χ1n) is 6.82. The average Bonchev–Trinajstić information content (AvgIpc) is 2.23. The van der Waals surface area contributed by atoms with Gasteiger partial charge in [-0.3, -0.25) is 0 Å². The molecule has 0 saturated heterocycles. The second-order valence-electron chi connectivity index (χ2n) is 6.44. The Morgan fingerprint density at radius 2 is 2.06 bits per heavy atom. The fraction of sp³-hybridized carbons (Fsp3) is 1.00. The molecule has 1 aliphatic carbocycles. The Morgan fingerprint density at radius 3 is 2.65 bits per heavy atom. The van der Waals surface area contributed by atoms with E-state index >= 15 is 0 Å². The largest absolute Gasteiger partial charge is 0.388 e. The summed E-state index contributed by atoms with van der Waals surface area (Å²) in [5, 5.41) is 14.2. The van der Waals surface area contributed by atoms with E-state index in [9.17, 15) is 5.11 Å². The SMILES string of the molecule is COCCNCC1(O)CCCCC1C(C)(C)C. The molecule has 0 amide bonds. The molecule has 0 bridgehead atoms. The van der Waals surface area contributed by atoms with Crippen molar-refractivity contribution >= 4 is 0 Å². The third kappa shape index (κ3) is 4.23. The Labute approximate surface area is 106 Å². The molecular weight excluding hydrogens is 214 g/mol. The van der Waals surface area contributed by atoms with Crippen LogP contribution in [0, 0.1) is 11.3 Å². The van der Waals surface area contributed by atoms with E-state index in [2.05, 4.69) is 26.1 Å². The maximum atomic E-state index is 10.9. The quantitative estimate of drug-likeness (QED) is 0.727. The molecule has 0 aliphatic heterocycles. The summed E-state index contributed by atoms with van der Waals surface area (Å²) in [5.74, 6) is 0.388. The highest BCUT2D eigenvalue weighted by molar-refractivity contribution is 4.96. The lowest BCUT2D eigenvalue weighted by Crippen LogP contribution is -2.53. The van der Waals surface area contributed by atoms with Gasteiger partial charge in [0.2, 0.25) is 0 Å². The Balaban J connectivity index is 2.55. The summed E-state index contributed by atoms with van der Waals surface area (Å²) < 4.78 is 5.01. The third-order valence-electron chi connectivity index (χ3n) is 3.96. The predicted octanol–water partition coefficient (Wildman–Crippen LogP) is 2.19. The van der Waals surface area contributed by atoms with Gasteiger partial charge in [0, 0.05) is 20.2 Å². The van der Waals surface area contributed by atoms with Crippen LogP contribution in [0.5, 0.6) is 0 Å². The molecule has 2 unspecified atom stereocenters. The van der Waals surface area contributed by atoms with E-state index in [1.54, 1.807) is 7.11 Å². The first-order chi connectivity index (χ1) is 7.90. The summed E-state index contributed by atoms with van der Waals surface area (Å²) >= 11 is 0. The van der Waals surface area contributed by atoms with Crippen molar-refractivity contribution in [2.24, 2.45) is 11.3 Å². The molecule has 0 aromatic heterocycles. The van der Waals surface area contributed by atoms with E-state index in [1.165, 1.54) is 6.42 Å². The molecule has 1 fully saturated rings. The highest BCUT2D eigenvalue weighted by atomic mass is 16.5. The van der Waals surface area contributed by atoms with Crippen LogP contribution in [0.3, 0.4) is 0 Å². The number of methoxy groups -OCH3 is 1. The van der Waals surface area contributed by atoms with Gasteiger partial charge in [-0.25, -0.2) is 0 Å². The molecule has 0 aromatic rings. The van der Waals surface area contributed by atoms with Crippen LogP contribution in [-0.4, -0.2) is 37.5 Å². The molecule has 102 valence electrons. The Kier molecular flexibility index (Phi) is 5.42. The van der Waals surface area contributed by atoms with Crippen molar-refractivity contribution in [3.05, 3.63) is 0 Å². The molecule has 2 N–H and O–H groups in total. The van der Waals surface area contributed by atoms with Gasteiger partial charge in [0.1, 0.15) is 0 Å². The van der Waals surface area contributed by atoms with E-state index in [-0.39, 0.29) is 5.41 Å². The number of aliphatic hydroxyl groups is 1. The summed E-state index contributed by atoms with van der Waals surface area (Å²) in [6.45, 7) is 8.93. The number of hydrogen-bond acceptors (Lipinski definition) is 3. The van der Waals surface area contributed by atoms with E-state index in [1.807, 2.05) is 0 Å². The van der Waals surface area contributed by atoms with Crippen molar-refractivity contribution < 1.29 is 9.84 Å². The molecule has 3 nitrogen and oxygen atoms in total. The van der Waals surface area contributed by atoms with Crippen LogP contribution in [0.1, 0.15) is 46.5 Å². The van der Waals surface area contributed by atoms with Crippen molar-refractivity contribution in [2.75, 3.05) is 26.8 Å². The van der Waals surface area contributed by atoms with Gasteiger partial charge in [0.15, 0.2) is 0 Å². The number of ether oxygens (including phenoxy) is 1. The van der Waals surface area contributed by atoms with Gasteiger partial charge in [-0.05, 0) is 24.2 Å². The van der Waals surface area contributed by atoms with E-state index in [0.29, 0.717) is 19.1 Å². The zero-order chi connectivity index (χ0) is 12.9. The van der Waals surface area contributed by atoms with Crippen LogP contribution < -0.4 is 5.32 Å². The van der Waals surface area contributed by atoms with Crippen LogP contribution in [-0.2, 0) is 4.74 Å². The molecule has 0 spiro atoms. The predicted molar refractivity (Wildman–Crippen MR) is 71.1 cm³/mol. The summed E-state index contributed by atoms with van der Waals surface area (Å²) in [6, 6.07) is 0. The van der Waals surface area contributed by atoms with Gasteiger partial charge in [-0.2, -0.15) is 0 Å². The number of rotatable bonds is 5. The molecular formula is C14H29NO2. The highest BCUT2D eigenvalue weighted by Crippen LogP contribution is 2.43. The minimum atomic E-state index is -0.537. The van der Waals surface area contributed by atoms with E-state index in [0.717, 1.165) is 25.8 Å². The maximum absolute atomic E-state index is 10.9. The molecule has 2 atom stereocenters. The van der Waals surface area contributed by atoms with E-state index < -0.39 is 5.60 Å². The smallest absolute Gasteiger partial charge is 0.0804 e. The molecule has 0 radical (unpaired) electrons. The van der Waals surface area contributed by atoms with Crippen LogP contribution in [0.2, 0.25) is 0 Å². The zero-order valence-electron chi connectivity index (χ0n) is 11.9. The van der Waals surface area contributed by atoms with Crippen LogP contribution in [0.15, 0.2) is 0 Å².